The molecule has 1 rings (SSSR count). The van der Waals surface area contributed by atoms with Crippen molar-refractivity contribution in [1.29, 1.82) is 0 Å². The van der Waals surface area contributed by atoms with Crippen LogP contribution < -0.4 is 0 Å². The fourth-order valence-electron chi connectivity index (χ4n) is 1.71. The quantitative estimate of drug-likeness (QED) is 0.804. The summed E-state index contributed by atoms with van der Waals surface area (Å²) in [6.45, 7) is 4.24. The average Bonchev–Trinajstić information content (AvgIpc) is 2.25. The van der Waals surface area contributed by atoms with E-state index in [4.69, 9.17) is 5.11 Å². The molecule has 2 nitrogen and oxygen atoms in total. The molecule has 0 atom stereocenters. The molecule has 15 heavy (non-hydrogen) atoms. The van der Waals surface area contributed by atoms with E-state index < -0.39 is 5.97 Å². The molecule has 0 spiro atoms. The van der Waals surface area contributed by atoms with E-state index in [2.05, 4.69) is 32.0 Å². The van der Waals surface area contributed by atoms with Crippen molar-refractivity contribution in [1.82, 2.24) is 0 Å². The molecule has 0 bridgehead atoms. The summed E-state index contributed by atoms with van der Waals surface area (Å²) in [4.78, 5) is 10.5. The lowest BCUT2D eigenvalue weighted by Crippen LogP contribution is -2.01. The monoisotopic (exact) mass is 206 g/mol. The second-order valence-electron chi connectivity index (χ2n) is 3.70. The van der Waals surface area contributed by atoms with E-state index in [1.165, 1.54) is 16.7 Å². The highest BCUT2D eigenvalue weighted by Crippen LogP contribution is 2.15. The molecule has 0 saturated carbocycles. The second-order valence-corrected chi connectivity index (χ2v) is 3.70. The predicted octanol–water partition coefficient (Wildman–Crippen LogP) is 2.83. The van der Waals surface area contributed by atoms with Crippen molar-refractivity contribution >= 4 is 5.97 Å². The number of aliphatic carboxylic acids is 1. The first-order valence-corrected chi connectivity index (χ1v) is 5.49. The summed E-state index contributed by atoms with van der Waals surface area (Å²) in [7, 11) is 0. The summed E-state index contributed by atoms with van der Waals surface area (Å²) in [5.74, 6) is -0.725. The average molecular weight is 206 g/mol. The SMILES string of the molecule is CCc1ccc(CCC(=O)O)c(CC)c1. The predicted molar refractivity (Wildman–Crippen MR) is 61.2 cm³/mol. The fourth-order valence-corrected chi connectivity index (χ4v) is 1.71. The largest absolute Gasteiger partial charge is 0.481 e. The Labute approximate surface area is 90.9 Å². The first-order valence-electron chi connectivity index (χ1n) is 5.49. The molecular weight excluding hydrogens is 188 g/mol. The molecule has 0 aliphatic rings. The van der Waals surface area contributed by atoms with Crippen molar-refractivity contribution in [2.24, 2.45) is 0 Å². The van der Waals surface area contributed by atoms with Crippen LogP contribution in [0.5, 0.6) is 0 Å². The first-order chi connectivity index (χ1) is 7.17. The Bertz CT molecular complexity index is 342. The molecule has 1 aromatic rings. The van der Waals surface area contributed by atoms with Gasteiger partial charge in [0.25, 0.3) is 0 Å². The normalized spacial score (nSPS) is 10.3. The van der Waals surface area contributed by atoms with E-state index in [1.807, 2.05) is 0 Å². The molecular formula is C13H18O2. The number of carboxylic acid groups (broad SMARTS) is 1. The van der Waals surface area contributed by atoms with Gasteiger partial charge in [-0.3, -0.25) is 4.79 Å². The number of carbonyl (C=O) groups is 1. The molecule has 0 heterocycles. The molecule has 1 aromatic carbocycles. The van der Waals surface area contributed by atoms with Gasteiger partial charge in [0.15, 0.2) is 0 Å². The zero-order chi connectivity index (χ0) is 11.3. The standard InChI is InChI=1S/C13H18O2/c1-3-10-5-6-12(7-8-13(14)15)11(4-2)9-10/h5-6,9H,3-4,7-8H2,1-2H3,(H,14,15). The smallest absolute Gasteiger partial charge is 0.303 e. The number of hydrogen-bond donors (Lipinski definition) is 1. The Morgan fingerprint density at radius 1 is 1.20 bits per heavy atom. The van der Waals surface area contributed by atoms with Gasteiger partial charge in [-0.05, 0) is 36.0 Å². The van der Waals surface area contributed by atoms with Crippen LogP contribution in [0.25, 0.3) is 0 Å². The highest BCUT2D eigenvalue weighted by atomic mass is 16.4. The highest BCUT2D eigenvalue weighted by Gasteiger charge is 2.04. The highest BCUT2D eigenvalue weighted by molar-refractivity contribution is 5.67. The summed E-state index contributed by atoms with van der Waals surface area (Å²) in [6.07, 6.45) is 2.87. The maximum Gasteiger partial charge on any atom is 0.303 e. The summed E-state index contributed by atoms with van der Waals surface area (Å²) in [6, 6.07) is 6.36. The van der Waals surface area contributed by atoms with Gasteiger partial charge in [0.2, 0.25) is 0 Å². The second kappa shape index (κ2) is 5.54. The van der Waals surface area contributed by atoms with Crippen LogP contribution in [0.2, 0.25) is 0 Å². The number of carboxylic acids is 1. The van der Waals surface area contributed by atoms with Crippen LogP contribution in [0.15, 0.2) is 18.2 Å². The Morgan fingerprint density at radius 2 is 1.93 bits per heavy atom. The maximum atomic E-state index is 10.5. The molecule has 0 amide bonds. The summed E-state index contributed by atoms with van der Waals surface area (Å²) >= 11 is 0. The van der Waals surface area contributed by atoms with Crippen molar-refractivity contribution in [2.45, 2.75) is 39.5 Å². The molecule has 1 N–H and O–H groups in total. The summed E-state index contributed by atoms with van der Waals surface area (Å²) in [5.41, 5.74) is 3.79. The van der Waals surface area contributed by atoms with Gasteiger partial charge in [0.1, 0.15) is 0 Å². The van der Waals surface area contributed by atoms with Crippen molar-refractivity contribution in [3.05, 3.63) is 34.9 Å². The topological polar surface area (TPSA) is 37.3 Å². The van der Waals surface area contributed by atoms with Crippen LogP contribution in [-0.2, 0) is 24.1 Å². The van der Waals surface area contributed by atoms with Crippen LogP contribution in [0, 0.1) is 0 Å². The maximum absolute atomic E-state index is 10.5. The van der Waals surface area contributed by atoms with Gasteiger partial charge < -0.3 is 5.11 Å². The van der Waals surface area contributed by atoms with Gasteiger partial charge in [-0.15, -0.1) is 0 Å². The van der Waals surface area contributed by atoms with E-state index in [1.54, 1.807) is 0 Å². The van der Waals surface area contributed by atoms with Gasteiger partial charge in [0.05, 0.1) is 0 Å². The third-order valence-electron chi connectivity index (χ3n) is 2.67. The number of benzene rings is 1. The van der Waals surface area contributed by atoms with E-state index in [0.29, 0.717) is 6.42 Å². The van der Waals surface area contributed by atoms with E-state index in [-0.39, 0.29) is 6.42 Å². The molecule has 0 aliphatic carbocycles. The summed E-state index contributed by atoms with van der Waals surface area (Å²) < 4.78 is 0. The minimum absolute atomic E-state index is 0.221. The van der Waals surface area contributed by atoms with Crippen LogP contribution in [0.1, 0.15) is 37.0 Å². The number of rotatable bonds is 5. The van der Waals surface area contributed by atoms with Crippen molar-refractivity contribution in [2.75, 3.05) is 0 Å². The van der Waals surface area contributed by atoms with Gasteiger partial charge in [-0.25, -0.2) is 0 Å². The van der Waals surface area contributed by atoms with Crippen molar-refractivity contribution in [3.63, 3.8) is 0 Å². The van der Waals surface area contributed by atoms with E-state index in [9.17, 15) is 4.79 Å². The Hall–Kier alpha value is -1.31. The third kappa shape index (κ3) is 3.39. The number of hydrogen-bond acceptors (Lipinski definition) is 1. The molecule has 82 valence electrons. The van der Waals surface area contributed by atoms with Crippen LogP contribution in [0.3, 0.4) is 0 Å². The van der Waals surface area contributed by atoms with E-state index in [0.717, 1.165) is 12.8 Å². The molecule has 0 aromatic heterocycles. The zero-order valence-electron chi connectivity index (χ0n) is 9.42. The fraction of sp³-hybridized carbons (Fsp3) is 0.462. The third-order valence-corrected chi connectivity index (χ3v) is 2.67. The van der Waals surface area contributed by atoms with Crippen LogP contribution in [-0.4, -0.2) is 11.1 Å². The van der Waals surface area contributed by atoms with E-state index >= 15 is 0 Å². The number of aryl methyl sites for hydroxylation is 3. The van der Waals surface area contributed by atoms with Crippen LogP contribution >= 0.6 is 0 Å². The molecule has 0 unspecified atom stereocenters. The minimum Gasteiger partial charge on any atom is -0.481 e. The lowest BCUT2D eigenvalue weighted by Gasteiger charge is -2.08. The Balaban J connectivity index is 2.82. The Kier molecular flexibility index (Phi) is 4.35. The van der Waals surface area contributed by atoms with Gasteiger partial charge in [0, 0.05) is 6.42 Å². The van der Waals surface area contributed by atoms with Crippen molar-refractivity contribution in [3.8, 4) is 0 Å². The van der Waals surface area contributed by atoms with Gasteiger partial charge >= 0.3 is 5.97 Å². The lowest BCUT2D eigenvalue weighted by atomic mass is 9.97. The van der Waals surface area contributed by atoms with Gasteiger partial charge in [-0.2, -0.15) is 0 Å². The molecule has 0 aliphatic heterocycles. The minimum atomic E-state index is -0.725. The molecule has 0 radical (unpaired) electrons. The first kappa shape index (κ1) is 11.8. The Morgan fingerprint density at radius 3 is 2.47 bits per heavy atom. The molecule has 0 saturated heterocycles. The lowest BCUT2D eigenvalue weighted by molar-refractivity contribution is -0.136. The van der Waals surface area contributed by atoms with Crippen molar-refractivity contribution < 1.29 is 9.90 Å². The molecule has 0 fully saturated rings. The van der Waals surface area contributed by atoms with Gasteiger partial charge in [-0.1, -0.05) is 32.0 Å². The summed E-state index contributed by atoms with van der Waals surface area (Å²) in [5, 5.41) is 8.64. The molecule has 2 heteroatoms. The zero-order valence-corrected chi connectivity index (χ0v) is 9.42. The van der Waals surface area contributed by atoms with Crippen LogP contribution in [0.4, 0.5) is 0 Å².